The van der Waals surface area contributed by atoms with Gasteiger partial charge in [0.2, 0.25) is 0 Å². The van der Waals surface area contributed by atoms with Crippen LogP contribution in [0.5, 0.6) is 11.5 Å². The third-order valence-electron chi connectivity index (χ3n) is 4.76. The fourth-order valence-electron chi connectivity index (χ4n) is 3.36. The van der Waals surface area contributed by atoms with Gasteiger partial charge in [0, 0.05) is 23.1 Å². The number of nitro groups is 1. The van der Waals surface area contributed by atoms with Gasteiger partial charge in [-0.2, -0.15) is 10.1 Å². The third-order valence-corrected chi connectivity index (χ3v) is 4.76. The SMILES string of the molecule is COc1cc(C=NN2C(=O)c3cccc4c([N+](=O)[O-])ccc(c34)C2=O)cc(OC)c1. The summed E-state index contributed by atoms with van der Waals surface area (Å²) in [6.07, 6.45) is 1.34. The van der Waals surface area contributed by atoms with Gasteiger partial charge in [0.05, 0.1) is 41.9 Å². The number of amides is 2. The summed E-state index contributed by atoms with van der Waals surface area (Å²) in [7, 11) is 3.01. The highest BCUT2D eigenvalue weighted by atomic mass is 16.6. The maximum atomic E-state index is 12.9. The maximum absolute atomic E-state index is 12.9. The molecule has 0 saturated carbocycles. The van der Waals surface area contributed by atoms with Crippen molar-refractivity contribution in [2.24, 2.45) is 5.10 Å². The minimum Gasteiger partial charge on any atom is -0.497 e. The molecule has 0 aromatic heterocycles. The molecule has 0 saturated heterocycles. The van der Waals surface area contributed by atoms with Crippen LogP contribution in [-0.4, -0.2) is 42.2 Å². The zero-order valence-corrected chi connectivity index (χ0v) is 16.0. The van der Waals surface area contributed by atoms with Crippen LogP contribution in [0.1, 0.15) is 26.3 Å². The van der Waals surface area contributed by atoms with E-state index >= 15 is 0 Å². The lowest BCUT2D eigenvalue weighted by Gasteiger charge is -2.23. The van der Waals surface area contributed by atoms with Crippen LogP contribution in [-0.2, 0) is 0 Å². The van der Waals surface area contributed by atoms with Crippen molar-refractivity contribution in [3.05, 3.63) is 75.3 Å². The van der Waals surface area contributed by atoms with Crippen LogP contribution in [0.2, 0.25) is 0 Å². The summed E-state index contributed by atoms with van der Waals surface area (Å²) in [4.78, 5) is 36.6. The van der Waals surface area contributed by atoms with Crippen molar-refractivity contribution in [2.75, 3.05) is 14.2 Å². The van der Waals surface area contributed by atoms with E-state index in [2.05, 4.69) is 5.10 Å². The smallest absolute Gasteiger partial charge is 0.282 e. The van der Waals surface area contributed by atoms with Gasteiger partial charge in [0.25, 0.3) is 17.5 Å². The quantitative estimate of drug-likeness (QED) is 0.278. The van der Waals surface area contributed by atoms with Crippen LogP contribution in [0.3, 0.4) is 0 Å². The van der Waals surface area contributed by atoms with Crippen molar-refractivity contribution in [1.29, 1.82) is 0 Å². The molecule has 1 aliphatic rings. The Balaban J connectivity index is 1.78. The number of ether oxygens (including phenoxy) is 2. The van der Waals surface area contributed by atoms with Gasteiger partial charge in [0.1, 0.15) is 11.5 Å². The molecule has 0 atom stereocenters. The highest BCUT2D eigenvalue weighted by Gasteiger charge is 2.34. The summed E-state index contributed by atoms with van der Waals surface area (Å²) >= 11 is 0. The Morgan fingerprint density at radius 3 is 2.20 bits per heavy atom. The Labute approximate surface area is 170 Å². The molecule has 2 amide bonds. The number of non-ortho nitro benzene ring substituents is 1. The summed E-state index contributed by atoms with van der Waals surface area (Å²) < 4.78 is 10.4. The first-order chi connectivity index (χ1) is 14.4. The van der Waals surface area contributed by atoms with E-state index in [1.54, 1.807) is 18.2 Å². The number of hydrogen-bond acceptors (Lipinski definition) is 7. The van der Waals surface area contributed by atoms with Crippen LogP contribution in [0, 0.1) is 10.1 Å². The number of methoxy groups -OCH3 is 2. The standard InChI is InChI=1S/C21H15N3O6/c1-29-13-8-12(9-14(10-13)30-2)11-22-23-20(25)16-5-3-4-15-18(24(27)28)7-6-17(19(15)16)21(23)26/h3-11H,1-2H3. The van der Waals surface area contributed by atoms with Gasteiger partial charge in [-0.1, -0.05) is 6.07 Å². The monoisotopic (exact) mass is 405 g/mol. The number of nitrogens with zero attached hydrogens (tertiary/aromatic N) is 3. The van der Waals surface area contributed by atoms with E-state index in [0.717, 1.165) is 5.01 Å². The average Bonchev–Trinajstić information content (AvgIpc) is 2.76. The van der Waals surface area contributed by atoms with Gasteiger partial charge in [-0.25, -0.2) is 0 Å². The number of nitro benzene ring substituents is 1. The topological polar surface area (TPSA) is 111 Å². The number of carbonyl (C=O) groups is 2. The molecule has 0 radical (unpaired) electrons. The molecule has 0 bridgehead atoms. The van der Waals surface area contributed by atoms with Gasteiger partial charge < -0.3 is 9.47 Å². The molecular weight excluding hydrogens is 390 g/mol. The molecule has 3 aromatic carbocycles. The van der Waals surface area contributed by atoms with Gasteiger partial charge in [-0.15, -0.1) is 0 Å². The molecule has 9 heteroatoms. The van der Waals surface area contributed by atoms with Gasteiger partial charge in [0.15, 0.2) is 0 Å². The second kappa shape index (κ2) is 7.28. The van der Waals surface area contributed by atoms with Gasteiger partial charge >= 0.3 is 0 Å². The number of hydrogen-bond donors (Lipinski definition) is 0. The van der Waals surface area contributed by atoms with E-state index in [0.29, 0.717) is 17.1 Å². The summed E-state index contributed by atoms with van der Waals surface area (Å²) in [6.45, 7) is 0. The Morgan fingerprint density at radius 2 is 1.60 bits per heavy atom. The number of hydrazone groups is 1. The third kappa shape index (κ3) is 3.02. The molecule has 30 heavy (non-hydrogen) atoms. The molecule has 4 rings (SSSR count). The summed E-state index contributed by atoms with van der Waals surface area (Å²) in [5.74, 6) is -0.279. The second-order valence-corrected chi connectivity index (χ2v) is 6.43. The van der Waals surface area contributed by atoms with Crippen molar-refractivity contribution < 1.29 is 24.0 Å². The Morgan fingerprint density at radius 1 is 0.967 bits per heavy atom. The molecule has 3 aromatic rings. The lowest BCUT2D eigenvalue weighted by Crippen LogP contribution is -2.36. The number of imide groups is 1. The van der Waals surface area contributed by atoms with Gasteiger partial charge in [-0.05, 0) is 30.3 Å². The normalized spacial score (nSPS) is 13.2. The zero-order valence-electron chi connectivity index (χ0n) is 16.0. The molecule has 0 aliphatic carbocycles. The van der Waals surface area contributed by atoms with Crippen molar-refractivity contribution in [2.45, 2.75) is 0 Å². The minimum atomic E-state index is -0.662. The molecule has 0 spiro atoms. The first-order valence-electron chi connectivity index (χ1n) is 8.80. The van der Waals surface area contributed by atoms with E-state index in [4.69, 9.17) is 9.47 Å². The van der Waals surface area contributed by atoms with E-state index in [1.165, 1.54) is 50.8 Å². The average molecular weight is 405 g/mol. The van der Waals surface area contributed by atoms with Crippen LogP contribution in [0.4, 0.5) is 5.69 Å². The highest BCUT2D eigenvalue weighted by Crippen LogP contribution is 2.35. The molecule has 9 nitrogen and oxygen atoms in total. The maximum Gasteiger partial charge on any atom is 0.282 e. The molecule has 1 heterocycles. The highest BCUT2D eigenvalue weighted by molar-refractivity contribution is 6.26. The van der Waals surface area contributed by atoms with Crippen LogP contribution in [0.15, 0.2) is 53.6 Å². The molecular formula is C21H15N3O6. The fraction of sp³-hybridized carbons (Fsp3) is 0.0952. The predicted molar refractivity (Wildman–Crippen MR) is 108 cm³/mol. The first kappa shape index (κ1) is 19.1. The van der Waals surface area contributed by atoms with E-state index in [-0.39, 0.29) is 27.6 Å². The molecule has 150 valence electrons. The molecule has 0 N–H and O–H groups in total. The van der Waals surface area contributed by atoms with Crippen molar-refractivity contribution in [3.8, 4) is 11.5 Å². The first-order valence-corrected chi connectivity index (χ1v) is 8.80. The van der Waals surface area contributed by atoms with E-state index in [9.17, 15) is 19.7 Å². The number of benzene rings is 3. The summed E-state index contributed by atoms with van der Waals surface area (Å²) in [5, 5.41) is 16.6. The molecule has 0 fully saturated rings. The Hall–Kier alpha value is -4.27. The molecule has 0 unspecified atom stereocenters. The Kier molecular flexibility index (Phi) is 4.63. The predicted octanol–water partition coefficient (Wildman–Crippen LogP) is 3.40. The Bertz CT molecular complexity index is 1210. The zero-order chi connectivity index (χ0) is 21.4. The largest absolute Gasteiger partial charge is 0.497 e. The van der Waals surface area contributed by atoms with Crippen molar-refractivity contribution in [3.63, 3.8) is 0 Å². The van der Waals surface area contributed by atoms with Gasteiger partial charge in [-0.3, -0.25) is 19.7 Å². The summed E-state index contributed by atoms with van der Waals surface area (Å²) in [5.41, 5.74) is 0.730. The lowest BCUT2D eigenvalue weighted by molar-refractivity contribution is -0.383. The fourth-order valence-corrected chi connectivity index (χ4v) is 3.36. The van der Waals surface area contributed by atoms with Crippen LogP contribution in [0.25, 0.3) is 10.8 Å². The van der Waals surface area contributed by atoms with Crippen LogP contribution < -0.4 is 9.47 Å². The van der Waals surface area contributed by atoms with E-state index < -0.39 is 16.7 Å². The minimum absolute atomic E-state index is 0.170. The number of rotatable bonds is 5. The number of carbonyl (C=O) groups excluding carboxylic acids is 2. The van der Waals surface area contributed by atoms with Crippen molar-refractivity contribution >= 4 is 34.5 Å². The summed E-state index contributed by atoms with van der Waals surface area (Å²) in [6, 6.07) is 12.2. The van der Waals surface area contributed by atoms with E-state index in [1.807, 2.05) is 0 Å². The van der Waals surface area contributed by atoms with Crippen LogP contribution >= 0.6 is 0 Å². The second-order valence-electron chi connectivity index (χ2n) is 6.43. The molecule has 1 aliphatic heterocycles. The van der Waals surface area contributed by atoms with Crippen molar-refractivity contribution in [1.82, 2.24) is 5.01 Å². The lowest BCUT2D eigenvalue weighted by atomic mass is 9.94.